The molecule has 1 saturated carbocycles. The molecule has 12 aromatic rings. The maximum atomic E-state index is 14.9. The Bertz CT molecular complexity index is 7070. The molecule has 28 nitrogen and oxygen atoms in total. The highest BCUT2D eigenvalue weighted by Gasteiger charge is 2.37. The van der Waals surface area contributed by atoms with Crippen molar-refractivity contribution in [1.29, 1.82) is 0 Å². The zero-order chi connectivity index (χ0) is 106. The van der Waals surface area contributed by atoms with Gasteiger partial charge >= 0.3 is 0 Å². The summed E-state index contributed by atoms with van der Waals surface area (Å²) < 4.78 is 143. The van der Waals surface area contributed by atoms with Crippen LogP contribution in [0.15, 0.2) is 201 Å². The van der Waals surface area contributed by atoms with Crippen LogP contribution in [-0.2, 0) is 101 Å². The summed E-state index contributed by atoms with van der Waals surface area (Å²) in [6.45, 7) is 32.5. The molecule has 0 bridgehead atoms. The third-order valence-corrected chi connectivity index (χ3v) is 38.0. The minimum Gasteiger partial charge on any atom is -0.369 e. The van der Waals surface area contributed by atoms with Gasteiger partial charge in [-0.15, -0.1) is 0 Å². The molecule has 2 aliphatic carbocycles. The lowest BCUT2D eigenvalue weighted by Crippen LogP contribution is -2.45. The summed E-state index contributed by atoms with van der Waals surface area (Å²) in [5.74, 6) is -0.101. The van der Waals surface area contributed by atoms with Crippen molar-refractivity contribution in [3.05, 3.63) is 307 Å². The lowest BCUT2D eigenvalue weighted by Gasteiger charge is -2.34. The van der Waals surface area contributed by atoms with Crippen molar-refractivity contribution < 1.29 is 46.8 Å². The molecule has 6 aliphatic rings. The van der Waals surface area contributed by atoms with Gasteiger partial charge in [0.1, 0.15) is 5.69 Å². The van der Waals surface area contributed by atoms with E-state index >= 15 is 0 Å². The fraction of sp³-hybridized carbons (Fsp3) is 0.429. The molecular weight excluding hydrogens is 1970 g/mol. The first-order valence-electron chi connectivity index (χ1n) is 50.8. The second-order valence-electron chi connectivity index (χ2n) is 42.6. The van der Waals surface area contributed by atoms with E-state index in [-0.39, 0.29) is 57.7 Å². The minimum absolute atomic E-state index is 0.0116. The van der Waals surface area contributed by atoms with Gasteiger partial charge in [-0.3, -0.25) is 0 Å². The van der Waals surface area contributed by atoms with Crippen LogP contribution in [0.3, 0.4) is 0 Å². The van der Waals surface area contributed by atoms with E-state index < -0.39 is 71.0 Å². The molecule has 18 rings (SSSR count). The average molecular weight is 2120 g/mol. The van der Waals surface area contributed by atoms with Crippen molar-refractivity contribution in [2.45, 2.75) is 176 Å². The van der Waals surface area contributed by atoms with Gasteiger partial charge in [-0.2, -0.15) is 0 Å². The molecule has 0 radical (unpaired) electrons. The highest BCUT2D eigenvalue weighted by molar-refractivity contribution is 7.92. The highest BCUT2D eigenvalue weighted by Crippen LogP contribution is 2.37. The number of hydrogen-bond donors (Lipinski definition) is 4. The van der Waals surface area contributed by atoms with Crippen molar-refractivity contribution >= 4 is 120 Å². The van der Waals surface area contributed by atoms with Crippen LogP contribution < -0.4 is 40.9 Å². The Hall–Kier alpha value is -11.8. The molecular formula is C112H140ClF3N20O8S4. The van der Waals surface area contributed by atoms with Crippen molar-refractivity contribution in [2.24, 2.45) is 0 Å². The van der Waals surface area contributed by atoms with E-state index in [1.54, 1.807) is 97.8 Å². The van der Waals surface area contributed by atoms with Gasteiger partial charge in [0.25, 0.3) is 0 Å². The molecule has 788 valence electrons. The van der Waals surface area contributed by atoms with E-state index in [1.165, 1.54) is 34.8 Å². The van der Waals surface area contributed by atoms with Gasteiger partial charge in [0.2, 0.25) is 23.8 Å². The van der Waals surface area contributed by atoms with Crippen LogP contribution in [0, 0.1) is 24.4 Å². The van der Waals surface area contributed by atoms with Gasteiger partial charge in [-0.05, 0) is 277 Å². The smallest absolute Gasteiger partial charge is 0.227 e. The molecule has 0 spiro atoms. The van der Waals surface area contributed by atoms with Gasteiger partial charge in [0.15, 0.2) is 56.8 Å². The molecule has 4 N–H and O–H groups in total. The monoisotopic (exact) mass is 2110 g/mol. The number of piperazine rings is 4. The first kappa shape index (κ1) is 110. The molecule has 8 aromatic carbocycles. The first-order valence-corrected chi connectivity index (χ1v) is 57.9. The highest BCUT2D eigenvalue weighted by atomic mass is 35.5. The van der Waals surface area contributed by atoms with Gasteiger partial charge in [-0.25, -0.2) is 86.7 Å². The Labute approximate surface area is 877 Å². The molecule has 148 heavy (non-hydrogen) atoms. The summed E-state index contributed by atoms with van der Waals surface area (Å²) >= 11 is 6.40. The molecule has 4 aromatic heterocycles. The number of nitrogens with one attached hydrogen (secondary N) is 4. The number of hydrogen-bond acceptors (Lipinski definition) is 28. The first-order chi connectivity index (χ1) is 70.2. The van der Waals surface area contributed by atoms with E-state index in [0.29, 0.717) is 72.0 Å². The summed E-state index contributed by atoms with van der Waals surface area (Å²) in [5.41, 5.74) is 19.3. The predicted molar refractivity (Wildman–Crippen MR) is 592 cm³/mol. The summed E-state index contributed by atoms with van der Waals surface area (Å²) in [5, 5.41) is 13.1. The Morgan fingerprint density at radius 3 is 1.05 bits per heavy atom. The standard InChI is InChI=1S/C31H41N5O2S.C28H35F2N5O2S.C27H34FN5O2S.C26H30ClN5O2S/c1-31(2,3)39(37,38)22-24-9-7-8-23(20-24)21-29-27-10-5-6-11-28(27)33-30(34-29)32-25-12-14-26(15-13-25)36-18-16-35(4)17-19-36;1-19-17-31-27(32-22-15-23(29)26(24(30)16-22)35-11-9-34(5)10-12-35)33-25(19)14-20-7-6-8-21(13-20)18-38(36,37)28(2,3)4;1-27(2,3)36(34,35)19-21-7-5-6-20(16-21)17-25-24(28)18-29-26(31-25)30-22-8-10-23(11-9-22)33-14-12-32(4)13-15-33;1-31-11-13-32(14-12-31)22-7-5-21(6-8-22)29-26-28-17-24(27)25(30-26)16-19-3-2-4-20(15-19)18-35(33,34)23-9-10-23/h7-9,12-15,20H,5-6,10-11,16-19,21-22H2,1-4H3,(H,32,33,34);6-8,13,15-17H,9-12,14,18H2,1-5H3,(H,31,32,33);5-11,16,18H,12-15,17,19H2,1-4H3,(H,29,30,31);2-8,15,17,23H,9-14,16,18H2,1H3,(H,28,29,30). The molecule has 0 atom stereocenters. The second kappa shape index (κ2) is 48.0. The predicted octanol–water partition coefficient (Wildman–Crippen LogP) is 18.7. The van der Waals surface area contributed by atoms with Crippen LogP contribution in [0.25, 0.3) is 0 Å². The SMILES string of the molecule is CN1CCN(c2ccc(Nc3nc4c(c(Cc5cccc(CS(=O)(=O)C(C)(C)C)c5)n3)CCCC4)cc2)CC1.CN1CCN(c2ccc(Nc3ncc(Cl)c(Cc4cccc(CS(=O)(=O)C5CC5)c4)n3)cc2)CC1.CN1CCN(c2ccc(Nc3ncc(F)c(Cc4cccc(CS(=O)(=O)C(C)(C)C)c4)n3)cc2)CC1.Cc1cnc(Nc2cc(F)c(N3CCN(C)CC3)c(F)c2)nc1Cc1cccc(CS(=O)(=O)C(C)(C)C)c1. The fourth-order valence-electron chi connectivity index (χ4n) is 17.9. The number of sulfone groups is 4. The fourth-order valence-corrected chi connectivity index (χ4v) is 22.9. The number of aryl methyl sites for hydroxylation is 2. The average Bonchev–Trinajstić information content (AvgIpc) is 1.56. The molecule has 5 fully saturated rings. The molecule has 0 unspecified atom stereocenters. The van der Waals surface area contributed by atoms with Crippen LogP contribution >= 0.6 is 11.6 Å². The largest absolute Gasteiger partial charge is 0.369 e. The topological polar surface area (TPSA) is 314 Å². The van der Waals surface area contributed by atoms with Crippen molar-refractivity contribution in [3.63, 3.8) is 0 Å². The Balaban J connectivity index is 0.000000148. The number of anilines is 12. The van der Waals surface area contributed by atoms with Crippen molar-refractivity contribution in [3.8, 4) is 0 Å². The maximum Gasteiger partial charge on any atom is 0.227 e. The molecule has 4 saturated heterocycles. The van der Waals surface area contributed by atoms with E-state index in [1.807, 2.05) is 111 Å². The zero-order valence-electron chi connectivity index (χ0n) is 87.4. The molecule has 36 heteroatoms. The second-order valence-corrected chi connectivity index (χ2v) is 53.5. The maximum absolute atomic E-state index is 14.9. The van der Waals surface area contributed by atoms with E-state index in [4.69, 9.17) is 21.6 Å². The summed E-state index contributed by atoms with van der Waals surface area (Å²) in [4.78, 5) is 54.3. The van der Waals surface area contributed by atoms with Crippen LogP contribution in [0.4, 0.5) is 82.5 Å². The molecule has 4 aliphatic heterocycles. The molecule has 0 amide bonds. The number of halogens is 4. The third kappa shape index (κ3) is 30.3. The lowest BCUT2D eigenvalue weighted by molar-refractivity contribution is 0.310. The normalized spacial score (nSPS) is 16.0. The number of rotatable bonds is 29. The van der Waals surface area contributed by atoms with E-state index in [0.717, 1.165) is 209 Å². The Morgan fingerprint density at radius 2 is 0.655 bits per heavy atom. The van der Waals surface area contributed by atoms with Crippen LogP contribution in [0.1, 0.15) is 172 Å². The van der Waals surface area contributed by atoms with Crippen molar-refractivity contribution in [2.75, 3.05) is 174 Å². The summed E-state index contributed by atoms with van der Waals surface area (Å²) in [6.07, 6.45) is 12.1. The zero-order valence-corrected chi connectivity index (χ0v) is 91.4. The lowest BCUT2D eigenvalue weighted by atomic mass is 9.92. The number of aromatic nitrogens is 8. The number of nitrogens with zero attached hydrogens (tertiary/aromatic N) is 16. The van der Waals surface area contributed by atoms with Gasteiger partial charge in [-0.1, -0.05) is 109 Å². The van der Waals surface area contributed by atoms with Gasteiger partial charge in [0, 0.05) is 182 Å². The Morgan fingerprint density at radius 1 is 0.338 bits per heavy atom. The van der Waals surface area contributed by atoms with Crippen LogP contribution in [0.5, 0.6) is 0 Å². The van der Waals surface area contributed by atoms with E-state index in [2.05, 4.69) is 161 Å². The molecule has 8 heterocycles. The van der Waals surface area contributed by atoms with Gasteiger partial charge < -0.3 is 60.5 Å². The van der Waals surface area contributed by atoms with Crippen molar-refractivity contribution in [1.82, 2.24) is 59.5 Å². The van der Waals surface area contributed by atoms with Crippen LogP contribution in [0.2, 0.25) is 5.02 Å². The van der Waals surface area contributed by atoms with Crippen LogP contribution in [-0.4, -0.2) is 246 Å². The summed E-state index contributed by atoms with van der Waals surface area (Å²) in [6, 6.07) is 57.7. The Kier molecular flexibility index (Phi) is 35.8. The summed E-state index contributed by atoms with van der Waals surface area (Å²) in [7, 11) is -4.49. The van der Waals surface area contributed by atoms with E-state index in [9.17, 15) is 46.8 Å². The third-order valence-electron chi connectivity index (χ3n) is 27.8. The number of likely N-dealkylation sites (N-methyl/N-ethyl adjacent to an activating group) is 4. The number of benzene rings is 8. The number of fused-ring (bicyclic) bond motifs is 1. The van der Waals surface area contributed by atoms with Gasteiger partial charge in [0.05, 0.1) is 82.7 Å². The quantitative estimate of drug-likeness (QED) is 0.0338. The minimum atomic E-state index is -3.32.